The number of anilines is 1. The van der Waals surface area contributed by atoms with Crippen molar-refractivity contribution in [2.75, 3.05) is 37.8 Å². The van der Waals surface area contributed by atoms with Crippen LogP contribution in [0.2, 0.25) is 0 Å². The maximum absolute atomic E-state index is 12.6. The van der Waals surface area contributed by atoms with Crippen LogP contribution in [-0.4, -0.2) is 71.7 Å². The monoisotopic (exact) mass is 397 g/mol. The smallest absolute Gasteiger partial charge is 0.274 e. The highest BCUT2D eigenvalue weighted by Gasteiger charge is 2.28. The number of thiophene rings is 1. The first-order valence-corrected chi connectivity index (χ1v) is 10.6. The van der Waals surface area contributed by atoms with Gasteiger partial charge in [0.2, 0.25) is 10.0 Å². The van der Waals surface area contributed by atoms with E-state index in [1.54, 1.807) is 24.1 Å². The fourth-order valence-electron chi connectivity index (χ4n) is 2.66. The van der Waals surface area contributed by atoms with Crippen LogP contribution < -0.4 is 5.32 Å². The molecule has 2 aromatic rings. The molecule has 11 heteroatoms. The number of piperazine rings is 1. The minimum atomic E-state index is -3.25. The SMILES string of the molecule is Cn1nc(C(=O)N2CCN(S(C)(=O)=O)CC2)cc1NC(=O)c1cccs1. The number of hydrogen-bond acceptors (Lipinski definition) is 6. The molecule has 0 aliphatic carbocycles. The summed E-state index contributed by atoms with van der Waals surface area (Å²) in [5, 5.41) is 8.71. The van der Waals surface area contributed by atoms with Crippen LogP contribution in [0.4, 0.5) is 5.82 Å². The van der Waals surface area contributed by atoms with Gasteiger partial charge in [0.05, 0.1) is 11.1 Å². The first kappa shape index (κ1) is 18.5. The van der Waals surface area contributed by atoms with E-state index in [0.29, 0.717) is 23.8 Å². The molecule has 26 heavy (non-hydrogen) atoms. The van der Waals surface area contributed by atoms with Crippen LogP contribution in [0.3, 0.4) is 0 Å². The molecule has 140 valence electrons. The second-order valence-corrected chi connectivity index (χ2v) is 8.85. The number of hydrogen-bond donors (Lipinski definition) is 1. The Balaban J connectivity index is 1.67. The molecular formula is C15H19N5O4S2. The van der Waals surface area contributed by atoms with Gasteiger partial charge in [-0.15, -0.1) is 11.3 Å². The largest absolute Gasteiger partial charge is 0.335 e. The van der Waals surface area contributed by atoms with Crippen LogP contribution in [-0.2, 0) is 17.1 Å². The Morgan fingerprint density at radius 3 is 2.50 bits per heavy atom. The second kappa shape index (κ2) is 7.17. The quantitative estimate of drug-likeness (QED) is 0.807. The molecule has 9 nitrogen and oxygen atoms in total. The summed E-state index contributed by atoms with van der Waals surface area (Å²) in [6.45, 7) is 1.14. The van der Waals surface area contributed by atoms with Crippen molar-refractivity contribution in [3.8, 4) is 0 Å². The van der Waals surface area contributed by atoms with Crippen molar-refractivity contribution < 1.29 is 18.0 Å². The number of sulfonamides is 1. The lowest BCUT2D eigenvalue weighted by Gasteiger charge is -2.32. The maximum Gasteiger partial charge on any atom is 0.274 e. The lowest BCUT2D eigenvalue weighted by molar-refractivity contribution is 0.0691. The van der Waals surface area contributed by atoms with Crippen LogP contribution in [0, 0.1) is 0 Å². The molecule has 0 aromatic carbocycles. The van der Waals surface area contributed by atoms with E-state index in [1.807, 2.05) is 5.38 Å². The van der Waals surface area contributed by atoms with Crippen LogP contribution >= 0.6 is 11.3 Å². The van der Waals surface area contributed by atoms with Crippen LogP contribution in [0.15, 0.2) is 23.6 Å². The van der Waals surface area contributed by atoms with Crippen LogP contribution in [0.25, 0.3) is 0 Å². The molecule has 1 fully saturated rings. The number of amides is 2. The van der Waals surface area contributed by atoms with Crippen molar-refractivity contribution in [3.63, 3.8) is 0 Å². The number of rotatable bonds is 4. The minimum Gasteiger partial charge on any atom is -0.335 e. The van der Waals surface area contributed by atoms with Crippen molar-refractivity contribution >= 4 is 39.0 Å². The average molecular weight is 397 g/mol. The van der Waals surface area contributed by atoms with Crippen LogP contribution in [0.5, 0.6) is 0 Å². The number of aromatic nitrogens is 2. The van der Waals surface area contributed by atoms with Gasteiger partial charge in [0.1, 0.15) is 5.82 Å². The summed E-state index contributed by atoms with van der Waals surface area (Å²) >= 11 is 1.32. The predicted octanol–water partition coefficient (Wildman–Crippen LogP) is 0.451. The van der Waals surface area contributed by atoms with Gasteiger partial charge in [-0.1, -0.05) is 6.07 Å². The molecule has 1 aliphatic heterocycles. The molecule has 1 N–H and O–H groups in total. The molecule has 0 bridgehead atoms. The molecule has 3 rings (SSSR count). The molecule has 0 atom stereocenters. The maximum atomic E-state index is 12.6. The Labute approximate surface area is 155 Å². The zero-order valence-corrected chi connectivity index (χ0v) is 16.0. The third kappa shape index (κ3) is 3.94. The zero-order chi connectivity index (χ0) is 18.9. The molecule has 2 amide bonds. The summed E-state index contributed by atoms with van der Waals surface area (Å²) < 4.78 is 25.9. The first-order valence-electron chi connectivity index (χ1n) is 7.89. The van der Waals surface area contributed by atoms with Crippen molar-refractivity contribution in [2.45, 2.75) is 0 Å². The predicted molar refractivity (Wildman–Crippen MR) is 97.8 cm³/mol. The summed E-state index contributed by atoms with van der Waals surface area (Å²) in [4.78, 5) is 26.9. The number of aryl methyl sites for hydroxylation is 1. The average Bonchev–Trinajstić information content (AvgIpc) is 3.24. The molecule has 1 saturated heterocycles. The Kier molecular flexibility index (Phi) is 5.12. The standard InChI is InChI=1S/C15H19N5O4S2/c1-18-13(16-14(21)12-4-3-9-25-12)10-11(17-18)15(22)19-5-7-20(8-6-19)26(2,23)24/h3-4,9-10H,5-8H2,1-2H3,(H,16,21). The highest BCUT2D eigenvalue weighted by Crippen LogP contribution is 2.16. The van der Waals surface area contributed by atoms with Crippen LogP contribution in [0.1, 0.15) is 20.2 Å². The van der Waals surface area contributed by atoms with Gasteiger partial charge in [-0.05, 0) is 11.4 Å². The van der Waals surface area contributed by atoms with Gasteiger partial charge in [-0.25, -0.2) is 8.42 Å². The van der Waals surface area contributed by atoms with Gasteiger partial charge in [0, 0.05) is 39.3 Å². The lowest BCUT2D eigenvalue weighted by atomic mass is 10.3. The van der Waals surface area contributed by atoms with Gasteiger partial charge in [-0.3, -0.25) is 14.3 Å². The Hall–Kier alpha value is -2.24. The molecule has 0 spiro atoms. The van der Waals surface area contributed by atoms with E-state index in [1.165, 1.54) is 26.4 Å². The minimum absolute atomic E-state index is 0.210. The van der Waals surface area contributed by atoms with E-state index < -0.39 is 10.0 Å². The highest BCUT2D eigenvalue weighted by molar-refractivity contribution is 7.88. The summed E-state index contributed by atoms with van der Waals surface area (Å²) in [5.74, 6) is -0.129. The summed E-state index contributed by atoms with van der Waals surface area (Å²) in [7, 11) is -1.61. The van der Waals surface area contributed by atoms with Crippen molar-refractivity contribution in [2.24, 2.45) is 7.05 Å². The van der Waals surface area contributed by atoms with Crippen molar-refractivity contribution in [1.29, 1.82) is 0 Å². The Morgan fingerprint density at radius 2 is 1.92 bits per heavy atom. The lowest BCUT2D eigenvalue weighted by Crippen LogP contribution is -2.50. The first-order chi connectivity index (χ1) is 12.3. The van der Waals surface area contributed by atoms with Crippen molar-refractivity contribution in [1.82, 2.24) is 19.0 Å². The molecule has 3 heterocycles. The fraction of sp³-hybridized carbons (Fsp3) is 0.400. The van der Waals surface area contributed by atoms with E-state index in [-0.39, 0.29) is 30.6 Å². The third-order valence-corrected chi connectivity index (χ3v) is 6.25. The third-order valence-electron chi connectivity index (χ3n) is 4.08. The molecule has 2 aromatic heterocycles. The van der Waals surface area contributed by atoms with E-state index >= 15 is 0 Å². The molecule has 0 unspecified atom stereocenters. The number of carbonyl (C=O) groups excluding carboxylic acids is 2. The second-order valence-electron chi connectivity index (χ2n) is 5.92. The Morgan fingerprint density at radius 1 is 1.23 bits per heavy atom. The normalized spacial score (nSPS) is 15.8. The van der Waals surface area contributed by atoms with Gasteiger partial charge in [-0.2, -0.15) is 9.40 Å². The fourth-order valence-corrected chi connectivity index (χ4v) is 4.10. The van der Waals surface area contributed by atoms with E-state index in [0.717, 1.165) is 6.26 Å². The summed E-state index contributed by atoms with van der Waals surface area (Å²) in [5.41, 5.74) is 0.210. The summed E-state index contributed by atoms with van der Waals surface area (Å²) in [6, 6.07) is 5.02. The van der Waals surface area contributed by atoms with Gasteiger partial charge >= 0.3 is 0 Å². The van der Waals surface area contributed by atoms with Crippen molar-refractivity contribution in [3.05, 3.63) is 34.2 Å². The molecule has 0 radical (unpaired) electrons. The van der Waals surface area contributed by atoms with E-state index in [9.17, 15) is 18.0 Å². The number of nitrogens with one attached hydrogen (secondary N) is 1. The van der Waals surface area contributed by atoms with E-state index in [4.69, 9.17) is 0 Å². The molecule has 1 aliphatic rings. The summed E-state index contributed by atoms with van der Waals surface area (Å²) in [6.07, 6.45) is 1.16. The van der Waals surface area contributed by atoms with E-state index in [2.05, 4.69) is 10.4 Å². The topological polar surface area (TPSA) is 105 Å². The van der Waals surface area contributed by atoms with Gasteiger partial charge in [0.25, 0.3) is 11.8 Å². The number of carbonyl (C=O) groups is 2. The molecular weight excluding hydrogens is 378 g/mol. The number of nitrogens with zero attached hydrogens (tertiary/aromatic N) is 4. The Bertz CT molecular complexity index is 912. The van der Waals surface area contributed by atoms with Gasteiger partial charge < -0.3 is 10.2 Å². The highest BCUT2D eigenvalue weighted by atomic mass is 32.2. The molecule has 0 saturated carbocycles. The zero-order valence-electron chi connectivity index (χ0n) is 14.4. The van der Waals surface area contributed by atoms with Gasteiger partial charge in [0.15, 0.2) is 5.69 Å².